The van der Waals surface area contributed by atoms with Crippen LogP contribution in [0.3, 0.4) is 0 Å². The average molecular weight is 413 g/mol. The fourth-order valence-electron chi connectivity index (χ4n) is 1.73. The van der Waals surface area contributed by atoms with E-state index in [1.165, 1.54) is 6.92 Å². The number of rotatable bonds is 6. The summed E-state index contributed by atoms with van der Waals surface area (Å²) in [4.78, 5) is 23.7. The molecule has 2 rings (SSSR count). The molecule has 0 aliphatic rings. The maximum absolute atomic E-state index is 12.0. The van der Waals surface area contributed by atoms with Gasteiger partial charge in [0, 0.05) is 15.2 Å². The summed E-state index contributed by atoms with van der Waals surface area (Å²) < 4.78 is 11.2. The van der Waals surface area contributed by atoms with Crippen LogP contribution in [0.25, 0.3) is 0 Å². The lowest BCUT2D eigenvalue weighted by Gasteiger charge is -2.14. The normalized spacial score (nSPS) is 11.5. The SMILES string of the molecule is C[C@@H](OC(=O)COc1ccc(Cl)cc1)C(=O)Nc1ccc(Br)cc1. The number of hydrogen-bond donors (Lipinski definition) is 1. The van der Waals surface area contributed by atoms with E-state index in [-0.39, 0.29) is 6.61 Å². The van der Waals surface area contributed by atoms with Crippen molar-refractivity contribution in [2.45, 2.75) is 13.0 Å². The monoisotopic (exact) mass is 411 g/mol. The molecule has 1 amide bonds. The van der Waals surface area contributed by atoms with Crippen molar-refractivity contribution in [1.82, 2.24) is 0 Å². The van der Waals surface area contributed by atoms with Gasteiger partial charge < -0.3 is 14.8 Å². The molecule has 2 aromatic rings. The van der Waals surface area contributed by atoms with E-state index in [4.69, 9.17) is 21.1 Å². The molecule has 0 unspecified atom stereocenters. The zero-order chi connectivity index (χ0) is 17.5. The van der Waals surface area contributed by atoms with Crippen LogP contribution in [0.2, 0.25) is 5.02 Å². The summed E-state index contributed by atoms with van der Waals surface area (Å²) in [6, 6.07) is 13.6. The fraction of sp³-hybridized carbons (Fsp3) is 0.176. The predicted molar refractivity (Wildman–Crippen MR) is 95.3 cm³/mol. The molecule has 0 spiro atoms. The highest BCUT2D eigenvalue weighted by molar-refractivity contribution is 9.10. The van der Waals surface area contributed by atoms with Crippen LogP contribution < -0.4 is 10.1 Å². The third kappa shape index (κ3) is 5.86. The number of anilines is 1. The summed E-state index contributed by atoms with van der Waals surface area (Å²) in [5.74, 6) is -0.566. The second kappa shape index (κ2) is 8.70. The number of halogens is 2. The van der Waals surface area contributed by atoms with Gasteiger partial charge in [0.2, 0.25) is 0 Å². The van der Waals surface area contributed by atoms with Crippen molar-refractivity contribution in [3.05, 3.63) is 58.0 Å². The maximum atomic E-state index is 12.0. The molecule has 0 saturated heterocycles. The Bertz CT molecular complexity index is 704. The van der Waals surface area contributed by atoms with Gasteiger partial charge in [-0.15, -0.1) is 0 Å². The molecule has 1 atom stereocenters. The molecule has 24 heavy (non-hydrogen) atoms. The lowest BCUT2D eigenvalue weighted by molar-refractivity contribution is -0.155. The largest absolute Gasteiger partial charge is 0.482 e. The fourth-order valence-corrected chi connectivity index (χ4v) is 2.13. The number of nitrogens with one attached hydrogen (secondary N) is 1. The van der Waals surface area contributed by atoms with E-state index >= 15 is 0 Å². The molecule has 5 nitrogen and oxygen atoms in total. The van der Waals surface area contributed by atoms with E-state index in [0.29, 0.717) is 16.5 Å². The van der Waals surface area contributed by atoms with E-state index in [2.05, 4.69) is 21.2 Å². The van der Waals surface area contributed by atoms with Crippen LogP contribution in [0.5, 0.6) is 5.75 Å². The van der Waals surface area contributed by atoms with Crippen molar-refractivity contribution in [2.75, 3.05) is 11.9 Å². The molecule has 1 N–H and O–H groups in total. The van der Waals surface area contributed by atoms with Crippen molar-refractivity contribution >= 4 is 45.1 Å². The maximum Gasteiger partial charge on any atom is 0.344 e. The van der Waals surface area contributed by atoms with Crippen molar-refractivity contribution in [1.29, 1.82) is 0 Å². The molecule has 0 saturated carbocycles. The van der Waals surface area contributed by atoms with Crippen LogP contribution in [0.1, 0.15) is 6.92 Å². The zero-order valence-electron chi connectivity index (χ0n) is 12.8. The number of esters is 1. The minimum atomic E-state index is -0.935. The van der Waals surface area contributed by atoms with Gasteiger partial charge in [0.1, 0.15) is 5.75 Å². The summed E-state index contributed by atoms with van der Waals surface area (Å²) in [5.41, 5.74) is 0.614. The summed E-state index contributed by atoms with van der Waals surface area (Å²) in [6.45, 7) is 1.20. The first-order valence-corrected chi connectivity index (χ1v) is 8.25. The second-order valence-electron chi connectivity index (χ2n) is 4.87. The van der Waals surface area contributed by atoms with E-state index in [0.717, 1.165) is 4.47 Å². The quantitative estimate of drug-likeness (QED) is 0.727. The Morgan fingerprint density at radius 2 is 1.75 bits per heavy atom. The first-order chi connectivity index (χ1) is 11.4. The molecule has 126 valence electrons. The van der Waals surface area contributed by atoms with Gasteiger partial charge in [-0.1, -0.05) is 27.5 Å². The molecule has 0 aliphatic heterocycles. The van der Waals surface area contributed by atoms with Crippen LogP contribution in [0.15, 0.2) is 53.0 Å². The van der Waals surface area contributed by atoms with Crippen molar-refractivity contribution in [2.24, 2.45) is 0 Å². The van der Waals surface area contributed by atoms with Gasteiger partial charge >= 0.3 is 5.97 Å². The Morgan fingerprint density at radius 3 is 2.38 bits per heavy atom. The standard InChI is InChI=1S/C17H15BrClNO4/c1-11(17(22)20-14-6-2-12(18)3-7-14)24-16(21)10-23-15-8-4-13(19)5-9-15/h2-9,11H,10H2,1H3,(H,20,22)/t11-/m1/s1. The molecular weight excluding hydrogens is 398 g/mol. The first-order valence-electron chi connectivity index (χ1n) is 7.08. The molecule has 7 heteroatoms. The Kier molecular flexibility index (Phi) is 6.63. The summed E-state index contributed by atoms with van der Waals surface area (Å²) in [7, 11) is 0. The summed E-state index contributed by atoms with van der Waals surface area (Å²) in [5, 5.41) is 3.23. The van der Waals surface area contributed by atoms with Crippen LogP contribution in [-0.2, 0) is 14.3 Å². The van der Waals surface area contributed by atoms with E-state index in [9.17, 15) is 9.59 Å². The van der Waals surface area contributed by atoms with Crippen molar-refractivity contribution in [3.8, 4) is 5.75 Å². The molecule has 0 heterocycles. The predicted octanol–water partition coefficient (Wildman–Crippen LogP) is 4.05. The van der Waals surface area contributed by atoms with Crippen LogP contribution in [-0.4, -0.2) is 24.6 Å². The Morgan fingerprint density at radius 1 is 1.12 bits per heavy atom. The summed E-state index contributed by atoms with van der Waals surface area (Å²) in [6.07, 6.45) is -0.935. The number of carbonyl (C=O) groups is 2. The number of benzene rings is 2. The summed E-state index contributed by atoms with van der Waals surface area (Å²) >= 11 is 9.07. The van der Waals surface area contributed by atoms with Crippen molar-refractivity contribution < 1.29 is 19.1 Å². The third-order valence-electron chi connectivity index (χ3n) is 2.96. The third-order valence-corrected chi connectivity index (χ3v) is 3.74. The van der Waals surface area contributed by atoms with Gasteiger partial charge in [-0.25, -0.2) is 4.79 Å². The van der Waals surface area contributed by atoms with Crippen LogP contribution in [0.4, 0.5) is 5.69 Å². The molecule has 2 aromatic carbocycles. The highest BCUT2D eigenvalue weighted by Gasteiger charge is 2.18. The first kappa shape index (κ1) is 18.3. The van der Waals surface area contributed by atoms with Gasteiger partial charge in [0.05, 0.1) is 0 Å². The lowest BCUT2D eigenvalue weighted by atomic mass is 10.3. The van der Waals surface area contributed by atoms with Crippen molar-refractivity contribution in [3.63, 3.8) is 0 Å². The number of hydrogen-bond acceptors (Lipinski definition) is 4. The Labute approximate surface area is 153 Å². The van der Waals surface area contributed by atoms with Gasteiger partial charge in [-0.05, 0) is 55.5 Å². The topological polar surface area (TPSA) is 64.6 Å². The van der Waals surface area contributed by atoms with E-state index in [1.807, 2.05) is 0 Å². The van der Waals surface area contributed by atoms with Gasteiger partial charge in [-0.2, -0.15) is 0 Å². The minimum absolute atomic E-state index is 0.294. The minimum Gasteiger partial charge on any atom is -0.482 e. The highest BCUT2D eigenvalue weighted by Crippen LogP contribution is 2.16. The second-order valence-corrected chi connectivity index (χ2v) is 6.22. The van der Waals surface area contributed by atoms with Gasteiger partial charge in [-0.3, -0.25) is 4.79 Å². The smallest absolute Gasteiger partial charge is 0.344 e. The molecule has 0 aliphatic carbocycles. The average Bonchev–Trinajstić information content (AvgIpc) is 2.56. The number of amides is 1. The molecule has 0 fully saturated rings. The Balaban J connectivity index is 1.78. The van der Waals surface area contributed by atoms with Crippen LogP contribution in [0, 0.1) is 0 Å². The van der Waals surface area contributed by atoms with Gasteiger partial charge in [0.15, 0.2) is 12.7 Å². The van der Waals surface area contributed by atoms with E-state index < -0.39 is 18.0 Å². The number of carbonyl (C=O) groups excluding carboxylic acids is 2. The molecule has 0 aromatic heterocycles. The number of ether oxygens (including phenoxy) is 2. The van der Waals surface area contributed by atoms with Gasteiger partial charge in [0.25, 0.3) is 5.91 Å². The Hall–Kier alpha value is -2.05. The van der Waals surface area contributed by atoms with E-state index in [1.54, 1.807) is 48.5 Å². The lowest BCUT2D eigenvalue weighted by Crippen LogP contribution is -2.31. The zero-order valence-corrected chi connectivity index (χ0v) is 15.1. The van der Waals surface area contributed by atoms with Crippen LogP contribution >= 0.6 is 27.5 Å². The molecular formula is C17H15BrClNO4. The molecule has 0 radical (unpaired) electrons. The highest BCUT2D eigenvalue weighted by atomic mass is 79.9. The molecule has 0 bridgehead atoms.